The van der Waals surface area contributed by atoms with Gasteiger partial charge in [-0.1, -0.05) is 31.4 Å². The van der Waals surface area contributed by atoms with Gasteiger partial charge in [-0.3, -0.25) is 0 Å². The van der Waals surface area contributed by atoms with Gasteiger partial charge in [-0.15, -0.1) is 0 Å². The van der Waals surface area contributed by atoms with Crippen molar-refractivity contribution in [1.29, 1.82) is 0 Å². The first-order chi connectivity index (χ1) is 10.0. The molecule has 0 spiro atoms. The molecule has 0 radical (unpaired) electrons. The lowest BCUT2D eigenvalue weighted by atomic mass is 9.95. The Kier molecular flexibility index (Phi) is 5.61. The molecular formula is C15H24N2O3S. The van der Waals surface area contributed by atoms with E-state index in [1.807, 2.05) is 0 Å². The summed E-state index contributed by atoms with van der Waals surface area (Å²) in [5.74, 6) is -0.0379. The SMILES string of the molecule is Nc1ccc(CS(=O)(=O)N(CCO)C2CCCCC2)cc1. The normalized spacial score (nSPS) is 17.2. The molecule has 0 amide bonds. The van der Waals surface area contributed by atoms with E-state index in [0.29, 0.717) is 5.69 Å². The Morgan fingerprint density at radius 2 is 1.76 bits per heavy atom. The fourth-order valence-corrected chi connectivity index (χ4v) is 4.73. The van der Waals surface area contributed by atoms with Gasteiger partial charge in [-0.05, 0) is 30.5 Å². The van der Waals surface area contributed by atoms with E-state index in [1.165, 1.54) is 10.7 Å². The molecule has 0 aromatic heterocycles. The van der Waals surface area contributed by atoms with Crippen LogP contribution in [-0.2, 0) is 15.8 Å². The zero-order valence-electron chi connectivity index (χ0n) is 12.2. The minimum Gasteiger partial charge on any atom is -0.399 e. The average Bonchev–Trinajstić information content (AvgIpc) is 2.48. The molecule has 118 valence electrons. The van der Waals surface area contributed by atoms with Gasteiger partial charge in [0, 0.05) is 18.3 Å². The summed E-state index contributed by atoms with van der Waals surface area (Å²) < 4.78 is 26.8. The van der Waals surface area contributed by atoms with E-state index in [9.17, 15) is 13.5 Å². The van der Waals surface area contributed by atoms with E-state index in [1.54, 1.807) is 24.3 Å². The van der Waals surface area contributed by atoms with Crippen molar-refractivity contribution in [3.63, 3.8) is 0 Å². The number of nitrogen functional groups attached to an aromatic ring is 1. The predicted molar refractivity (Wildman–Crippen MR) is 84.1 cm³/mol. The summed E-state index contributed by atoms with van der Waals surface area (Å²) in [6.07, 6.45) is 5.07. The molecule has 2 rings (SSSR count). The van der Waals surface area contributed by atoms with Crippen molar-refractivity contribution in [2.45, 2.75) is 43.9 Å². The Labute approximate surface area is 126 Å². The van der Waals surface area contributed by atoms with Crippen LogP contribution in [0.25, 0.3) is 0 Å². The lowest BCUT2D eigenvalue weighted by Crippen LogP contribution is -2.43. The first kappa shape index (κ1) is 16.3. The molecule has 0 atom stereocenters. The Bertz CT molecular complexity index is 537. The van der Waals surface area contributed by atoms with Gasteiger partial charge in [-0.2, -0.15) is 4.31 Å². The maximum absolute atomic E-state index is 12.7. The fourth-order valence-electron chi connectivity index (χ4n) is 2.92. The number of aliphatic hydroxyl groups excluding tert-OH is 1. The van der Waals surface area contributed by atoms with E-state index in [0.717, 1.165) is 31.2 Å². The molecule has 6 heteroatoms. The molecule has 1 aromatic carbocycles. The fraction of sp³-hybridized carbons (Fsp3) is 0.600. The Morgan fingerprint density at radius 3 is 2.33 bits per heavy atom. The summed E-state index contributed by atoms with van der Waals surface area (Å²) in [6.45, 7) is 0.0411. The summed E-state index contributed by atoms with van der Waals surface area (Å²) in [6, 6.07) is 6.93. The van der Waals surface area contributed by atoms with Crippen LogP contribution in [0.5, 0.6) is 0 Å². The highest BCUT2D eigenvalue weighted by Crippen LogP contribution is 2.26. The maximum Gasteiger partial charge on any atom is 0.218 e. The number of anilines is 1. The lowest BCUT2D eigenvalue weighted by molar-refractivity contribution is 0.199. The number of aliphatic hydroxyl groups is 1. The number of nitrogens with two attached hydrogens (primary N) is 1. The van der Waals surface area contributed by atoms with Crippen LogP contribution in [0.15, 0.2) is 24.3 Å². The zero-order valence-corrected chi connectivity index (χ0v) is 13.1. The molecule has 1 aliphatic rings. The number of hydrogen-bond acceptors (Lipinski definition) is 4. The van der Waals surface area contributed by atoms with E-state index in [-0.39, 0.29) is 24.9 Å². The molecule has 1 fully saturated rings. The van der Waals surface area contributed by atoms with Crippen LogP contribution in [0.3, 0.4) is 0 Å². The van der Waals surface area contributed by atoms with Crippen LogP contribution in [0, 0.1) is 0 Å². The number of sulfonamides is 1. The molecule has 3 N–H and O–H groups in total. The number of hydrogen-bond donors (Lipinski definition) is 2. The van der Waals surface area contributed by atoms with E-state index in [2.05, 4.69) is 0 Å². The van der Waals surface area contributed by atoms with E-state index in [4.69, 9.17) is 5.73 Å². The second-order valence-corrected chi connectivity index (χ2v) is 7.55. The van der Waals surface area contributed by atoms with E-state index >= 15 is 0 Å². The third-order valence-electron chi connectivity index (χ3n) is 3.99. The minimum atomic E-state index is -3.42. The third kappa shape index (κ3) is 4.43. The van der Waals surface area contributed by atoms with Gasteiger partial charge >= 0.3 is 0 Å². The molecule has 0 heterocycles. The number of benzene rings is 1. The van der Waals surface area contributed by atoms with Crippen LogP contribution < -0.4 is 5.73 Å². The average molecular weight is 312 g/mol. The van der Waals surface area contributed by atoms with Crippen LogP contribution in [0.4, 0.5) is 5.69 Å². The third-order valence-corrected chi connectivity index (χ3v) is 5.88. The van der Waals surface area contributed by atoms with Crippen molar-refractivity contribution < 1.29 is 13.5 Å². The van der Waals surface area contributed by atoms with Gasteiger partial charge in [0.1, 0.15) is 0 Å². The van der Waals surface area contributed by atoms with Crippen LogP contribution in [-0.4, -0.2) is 37.0 Å². The summed E-state index contributed by atoms with van der Waals surface area (Å²) in [5.41, 5.74) is 6.97. The van der Waals surface area contributed by atoms with Gasteiger partial charge in [0.05, 0.1) is 12.4 Å². The van der Waals surface area contributed by atoms with Crippen molar-refractivity contribution in [3.05, 3.63) is 29.8 Å². The molecule has 1 aromatic rings. The van der Waals surface area contributed by atoms with Crippen molar-refractivity contribution >= 4 is 15.7 Å². The van der Waals surface area contributed by atoms with Crippen LogP contribution >= 0.6 is 0 Å². The van der Waals surface area contributed by atoms with Gasteiger partial charge in [0.15, 0.2) is 0 Å². The summed E-state index contributed by atoms with van der Waals surface area (Å²) in [5, 5.41) is 9.21. The molecule has 5 nitrogen and oxygen atoms in total. The number of nitrogens with zero attached hydrogens (tertiary/aromatic N) is 1. The van der Waals surface area contributed by atoms with Crippen LogP contribution in [0.2, 0.25) is 0 Å². The Morgan fingerprint density at radius 1 is 1.14 bits per heavy atom. The highest BCUT2D eigenvalue weighted by Gasteiger charge is 2.30. The topological polar surface area (TPSA) is 83.6 Å². The predicted octanol–water partition coefficient (Wildman–Crippen LogP) is 1.73. The quantitative estimate of drug-likeness (QED) is 0.784. The lowest BCUT2D eigenvalue weighted by Gasteiger charge is -2.33. The van der Waals surface area contributed by atoms with Gasteiger partial charge in [0.2, 0.25) is 10.0 Å². The standard InChI is InChI=1S/C15H24N2O3S/c16-14-8-6-13(7-9-14)12-21(19,20)17(10-11-18)15-4-2-1-3-5-15/h6-9,15,18H,1-5,10-12,16H2. The van der Waals surface area contributed by atoms with E-state index < -0.39 is 10.0 Å². The molecule has 0 aliphatic heterocycles. The van der Waals surface area contributed by atoms with Gasteiger partial charge in [0.25, 0.3) is 0 Å². The largest absolute Gasteiger partial charge is 0.399 e. The van der Waals surface area contributed by atoms with Crippen molar-refractivity contribution in [2.75, 3.05) is 18.9 Å². The van der Waals surface area contributed by atoms with Crippen molar-refractivity contribution in [2.24, 2.45) is 0 Å². The summed E-state index contributed by atoms with van der Waals surface area (Å²) >= 11 is 0. The first-order valence-electron chi connectivity index (χ1n) is 7.48. The first-order valence-corrected chi connectivity index (χ1v) is 9.08. The highest BCUT2D eigenvalue weighted by molar-refractivity contribution is 7.88. The van der Waals surface area contributed by atoms with Gasteiger partial charge < -0.3 is 10.8 Å². The Hall–Kier alpha value is -1.11. The highest BCUT2D eigenvalue weighted by atomic mass is 32.2. The van der Waals surface area contributed by atoms with Crippen molar-refractivity contribution in [3.8, 4) is 0 Å². The molecule has 0 unspecified atom stereocenters. The number of rotatable bonds is 6. The molecule has 0 bridgehead atoms. The summed E-state index contributed by atoms with van der Waals surface area (Å²) in [7, 11) is -3.42. The van der Waals surface area contributed by atoms with Crippen LogP contribution in [0.1, 0.15) is 37.7 Å². The molecule has 1 aliphatic carbocycles. The Balaban J connectivity index is 2.14. The maximum atomic E-state index is 12.7. The second-order valence-electron chi connectivity index (χ2n) is 5.62. The minimum absolute atomic E-state index is 0.0321. The zero-order chi connectivity index (χ0) is 15.3. The van der Waals surface area contributed by atoms with Gasteiger partial charge in [-0.25, -0.2) is 8.42 Å². The second kappa shape index (κ2) is 7.24. The molecule has 1 saturated carbocycles. The monoisotopic (exact) mass is 312 g/mol. The van der Waals surface area contributed by atoms with Crippen molar-refractivity contribution in [1.82, 2.24) is 4.31 Å². The molecular weight excluding hydrogens is 288 g/mol. The molecule has 0 saturated heterocycles. The summed E-state index contributed by atoms with van der Waals surface area (Å²) in [4.78, 5) is 0. The molecule has 21 heavy (non-hydrogen) atoms. The smallest absolute Gasteiger partial charge is 0.218 e.